The number of aromatic hydroxyl groups is 1. The third-order valence-corrected chi connectivity index (χ3v) is 4.62. The number of benzene rings is 2. The van der Waals surface area contributed by atoms with Gasteiger partial charge >= 0.3 is 0 Å². The highest BCUT2D eigenvalue weighted by Gasteiger charge is 2.19. The van der Waals surface area contributed by atoms with E-state index in [1.165, 1.54) is 18.2 Å². The number of anilines is 1. The number of sulfonamides is 1. The fourth-order valence-electron chi connectivity index (χ4n) is 1.68. The van der Waals surface area contributed by atoms with Crippen molar-refractivity contribution in [1.82, 2.24) is 4.72 Å². The molecule has 0 aromatic heterocycles. The molecule has 21 heavy (non-hydrogen) atoms. The number of hydrogen-bond acceptors (Lipinski definition) is 4. The van der Waals surface area contributed by atoms with Crippen LogP contribution in [0.4, 0.5) is 10.1 Å². The Morgan fingerprint density at radius 3 is 2.67 bits per heavy atom. The molecule has 2 rings (SSSR count). The van der Waals surface area contributed by atoms with Crippen molar-refractivity contribution >= 4 is 27.3 Å². The average molecular weight is 331 g/mol. The highest BCUT2D eigenvalue weighted by Crippen LogP contribution is 2.24. The minimum Gasteiger partial charge on any atom is -0.508 e. The molecular formula is C13H12ClFN2O3S. The number of hydrogen-bond donors (Lipinski definition) is 3. The van der Waals surface area contributed by atoms with Crippen LogP contribution in [-0.4, -0.2) is 13.5 Å². The monoisotopic (exact) mass is 330 g/mol. The Hall–Kier alpha value is -1.83. The first-order chi connectivity index (χ1) is 9.79. The first kappa shape index (κ1) is 15.6. The van der Waals surface area contributed by atoms with Crippen molar-refractivity contribution in [1.29, 1.82) is 0 Å². The van der Waals surface area contributed by atoms with E-state index >= 15 is 0 Å². The molecule has 0 aliphatic heterocycles. The van der Waals surface area contributed by atoms with Crippen molar-refractivity contribution in [3.05, 3.63) is 52.8 Å². The number of nitrogen functional groups attached to an aromatic ring is 1. The van der Waals surface area contributed by atoms with Crippen molar-refractivity contribution < 1.29 is 17.9 Å². The molecule has 0 bridgehead atoms. The Morgan fingerprint density at radius 2 is 1.95 bits per heavy atom. The largest absolute Gasteiger partial charge is 0.508 e. The van der Waals surface area contributed by atoms with Gasteiger partial charge < -0.3 is 10.8 Å². The molecule has 0 spiro atoms. The molecule has 0 heterocycles. The maximum atomic E-state index is 13.2. The summed E-state index contributed by atoms with van der Waals surface area (Å²) in [5, 5.41) is 9.53. The lowest BCUT2D eigenvalue weighted by Gasteiger charge is -2.10. The van der Waals surface area contributed by atoms with Crippen LogP contribution in [0.5, 0.6) is 5.75 Å². The highest BCUT2D eigenvalue weighted by molar-refractivity contribution is 7.89. The summed E-state index contributed by atoms with van der Waals surface area (Å²) >= 11 is 5.76. The van der Waals surface area contributed by atoms with Crippen LogP contribution >= 0.6 is 11.6 Å². The van der Waals surface area contributed by atoms with Gasteiger partial charge in [-0.05, 0) is 36.4 Å². The van der Waals surface area contributed by atoms with Gasteiger partial charge in [0, 0.05) is 17.8 Å². The fraction of sp³-hybridized carbons (Fsp3) is 0.0769. The lowest BCUT2D eigenvalue weighted by Crippen LogP contribution is -2.23. The fourth-order valence-corrected chi connectivity index (χ4v) is 3.20. The van der Waals surface area contributed by atoms with E-state index in [1.54, 1.807) is 0 Å². The van der Waals surface area contributed by atoms with Gasteiger partial charge in [0.15, 0.2) is 0 Å². The second-order valence-corrected chi connectivity index (χ2v) is 6.43. The molecule has 2 aromatic rings. The van der Waals surface area contributed by atoms with Gasteiger partial charge in [0.1, 0.15) is 16.5 Å². The van der Waals surface area contributed by atoms with Crippen LogP contribution in [0.2, 0.25) is 5.02 Å². The predicted molar refractivity (Wildman–Crippen MR) is 78.0 cm³/mol. The Kier molecular flexibility index (Phi) is 4.36. The maximum Gasteiger partial charge on any atom is 0.242 e. The molecule has 0 atom stereocenters. The van der Waals surface area contributed by atoms with Crippen LogP contribution in [0, 0.1) is 5.82 Å². The lowest BCUT2D eigenvalue weighted by molar-refractivity contribution is 0.467. The van der Waals surface area contributed by atoms with Crippen molar-refractivity contribution in [2.24, 2.45) is 0 Å². The van der Waals surface area contributed by atoms with Crippen molar-refractivity contribution in [3.8, 4) is 5.75 Å². The minimum atomic E-state index is -4.02. The molecule has 112 valence electrons. The van der Waals surface area contributed by atoms with Gasteiger partial charge in [-0.15, -0.1) is 0 Å². The molecule has 8 heteroatoms. The lowest BCUT2D eigenvalue weighted by atomic mass is 10.2. The van der Waals surface area contributed by atoms with E-state index in [1.807, 2.05) is 0 Å². The number of nitrogens with two attached hydrogens (primary N) is 1. The van der Waals surface area contributed by atoms with Crippen molar-refractivity contribution in [2.45, 2.75) is 11.4 Å². The smallest absolute Gasteiger partial charge is 0.242 e. The Balaban J connectivity index is 2.26. The molecule has 0 radical (unpaired) electrons. The van der Waals surface area contributed by atoms with Crippen LogP contribution in [0.1, 0.15) is 5.56 Å². The molecule has 0 amide bonds. The summed E-state index contributed by atoms with van der Waals surface area (Å²) in [6.07, 6.45) is 0. The molecular weight excluding hydrogens is 319 g/mol. The summed E-state index contributed by atoms with van der Waals surface area (Å²) in [6.45, 7) is -0.202. The number of phenols is 1. The first-order valence-electron chi connectivity index (χ1n) is 5.82. The summed E-state index contributed by atoms with van der Waals surface area (Å²) in [5.41, 5.74) is 6.24. The SMILES string of the molecule is Nc1ccc(O)c(CNS(=O)(=O)c2cc(F)ccc2Cl)c1. The molecule has 0 fully saturated rings. The van der Waals surface area contributed by atoms with E-state index in [4.69, 9.17) is 17.3 Å². The topological polar surface area (TPSA) is 92.4 Å². The Labute approximate surface area is 126 Å². The van der Waals surface area contributed by atoms with E-state index in [2.05, 4.69) is 4.72 Å². The van der Waals surface area contributed by atoms with E-state index in [0.717, 1.165) is 18.2 Å². The van der Waals surface area contributed by atoms with E-state index < -0.39 is 15.8 Å². The summed E-state index contributed by atoms with van der Waals surface area (Å²) in [5.74, 6) is -0.816. The van der Waals surface area contributed by atoms with Crippen molar-refractivity contribution in [2.75, 3.05) is 5.73 Å². The van der Waals surface area contributed by atoms with Gasteiger partial charge in [0.05, 0.1) is 5.02 Å². The van der Waals surface area contributed by atoms with Gasteiger partial charge in [-0.25, -0.2) is 17.5 Å². The number of nitrogens with one attached hydrogen (secondary N) is 1. The van der Waals surface area contributed by atoms with Gasteiger partial charge in [-0.1, -0.05) is 11.6 Å². The molecule has 0 aliphatic rings. The van der Waals surface area contributed by atoms with Gasteiger partial charge in [0.25, 0.3) is 0 Å². The average Bonchev–Trinajstić information content (AvgIpc) is 2.42. The van der Waals surface area contributed by atoms with E-state index in [-0.39, 0.29) is 22.2 Å². The summed E-state index contributed by atoms with van der Waals surface area (Å²) < 4.78 is 39.6. The Bertz CT molecular complexity index is 781. The third kappa shape index (κ3) is 3.63. The number of halogens is 2. The second-order valence-electron chi connectivity index (χ2n) is 4.29. The predicted octanol–water partition coefficient (Wildman–Crippen LogP) is 2.25. The van der Waals surface area contributed by atoms with Crippen LogP contribution in [0.3, 0.4) is 0 Å². The number of phenolic OH excluding ortho intramolecular Hbond substituents is 1. The normalized spacial score (nSPS) is 11.5. The summed E-state index contributed by atoms with van der Waals surface area (Å²) in [7, 11) is -4.02. The summed E-state index contributed by atoms with van der Waals surface area (Å²) in [6, 6.07) is 7.31. The molecule has 2 aromatic carbocycles. The van der Waals surface area contributed by atoms with Gasteiger partial charge in [-0.2, -0.15) is 0 Å². The third-order valence-electron chi connectivity index (χ3n) is 2.74. The van der Waals surface area contributed by atoms with Gasteiger partial charge in [-0.3, -0.25) is 0 Å². The minimum absolute atomic E-state index is 0.0966. The van der Waals surface area contributed by atoms with Crippen LogP contribution < -0.4 is 10.5 Å². The van der Waals surface area contributed by atoms with Crippen molar-refractivity contribution in [3.63, 3.8) is 0 Å². The summed E-state index contributed by atoms with van der Waals surface area (Å²) in [4.78, 5) is -0.368. The molecule has 0 saturated carbocycles. The van der Waals surface area contributed by atoms with Crippen LogP contribution in [0.25, 0.3) is 0 Å². The molecule has 0 unspecified atom stereocenters. The highest BCUT2D eigenvalue weighted by atomic mass is 35.5. The van der Waals surface area contributed by atoms with E-state index in [9.17, 15) is 17.9 Å². The van der Waals surface area contributed by atoms with E-state index in [0.29, 0.717) is 11.3 Å². The molecule has 5 nitrogen and oxygen atoms in total. The zero-order valence-corrected chi connectivity index (χ0v) is 12.2. The van der Waals surface area contributed by atoms with Gasteiger partial charge in [0.2, 0.25) is 10.0 Å². The molecule has 0 saturated heterocycles. The second kappa shape index (κ2) is 5.88. The maximum absolute atomic E-state index is 13.2. The quantitative estimate of drug-likeness (QED) is 0.592. The van der Waals surface area contributed by atoms with Crippen LogP contribution in [0.15, 0.2) is 41.3 Å². The molecule has 4 N–H and O–H groups in total. The Morgan fingerprint density at radius 1 is 1.24 bits per heavy atom. The zero-order valence-electron chi connectivity index (χ0n) is 10.7. The van der Waals surface area contributed by atoms with Crippen LogP contribution in [-0.2, 0) is 16.6 Å². The zero-order chi connectivity index (χ0) is 15.6. The standard InChI is InChI=1S/C13H12ClFN2O3S/c14-11-3-1-9(15)6-13(11)21(19,20)17-7-8-5-10(16)2-4-12(8)18/h1-6,17-18H,7,16H2. The molecule has 0 aliphatic carbocycles. The first-order valence-corrected chi connectivity index (χ1v) is 7.68. The number of rotatable bonds is 4.